The van der Waals surface area contributed by atoms with Gasteiger partial charge in [0.1, 0.15) is 11.0 Å². The van der Waals surface area contributed by atoms with Crippen molar-refractivity contribution in [2.24, 2.45) is 0 Å². The van der Waals surface area contributed by atoms with Gasteiger partial charge in [0.2, 0.25) is 0 Å². The van der Waals surface area contributed by atoms with Crippen LogP contribution in [0.3, 0.4) is 0 Å². The Morgan fingerprint density at radius 3 is 2.54 bits per heavy atom. The van der Waals surface area contributed by atoms with Crippen LogP contribution in [0.4, 0.5) is 14.9 Å². The van der Waals surface area contributed by atoms with Crippen molar-refractivity contribution in [2.75, 3.05) is 45.2 Å². The average molecular weight is 534 g/mol. The summed E-state index contributed by atoms with van der Waals surface area (Å²) < 4.78 is 18.4. The van der Waals surface area contributed by atoms with Gasteiger partial charge in [-0.2, -0.15) is 0 Å². The molecular formula is C27H37ClFN5O3. The van der Waals surface area contributed by atoms with Crippen LogP contribution < -0.4 is 10.6 Å². The van der Waals surface area contributed by atoms with Crippen molar-refractivity contribution in [2.45, 2.75) is 52.1 Å². The number of likely N-dealkylation sites (tertiary alicyclic amines) is 1. The highest BCUT2D eigenvalue weighted by molar-refractivity contribution is 6.29. The highest BCUT2D eigenvalue weighted by Crippen LogP contribution is 2.21. The molecule has 37 heavy (non-hydrogen) atoms. The third kappa shape index (κ3) is 8.12. The molecule has 2 aromatic rings. The van der Waals surface area contributed by atoms with Gasteiger partial charge in [-0.05, 0) is 75.9 Å². The summed E-state index contributed by atoms with van der Waals surface area (Å²) in [6.45, 7) is 9.00. The number of aromatic nitrogens is 1. The molecule has 1 aromatic carbocycles. The fourth-order valence-electron chi connectivity index (χ4n) is 4.80. The number of benzene rings is 1. The van der Waals surface area contributed by atoms with Crippen molar-refractivity contribution in [1.82, 2.24) is 20.1 Å². The maximum atomic E-state index is 13.2. The summed E-state index contributed by atoms with van der Waals surface area (Å²) in [5, 5.41) is 6.27. The van der Waals surface area contributed by atoms with Gasteiger partial charge in [0.25, 0.3) is 5.91 Å². The van der Waals surface area contributed by atoms with Crippen LogP contribution >= 0.6 is 11.6 Å². The third-order valence-electron chi connectivity index (χ3n) is 6.90. The summed E-state index contributed by atoms with van der Waals surface area (Å²) in [5.74, 6) is -0.478. The molecule has 10 heteroatoms. The van der Waals surface area contributed by atoms with E-state index < -0.39 is 0 Å². The van der Waals surface area contributed by atoms with Crippen LogP contribution in [0, 0.1) is 19.7 Å². The van der Waals surface area contributed by atoms with E-state index in [1.165, 1.54) is 12.1 Å². The molecule has 0 radical (unpaired) electrons. The first-order valence-electron chi connectivity index (χ1n) is 12.7. The number of nitrogens with zero attached hydrogens (tertiary/aromatic N) is 3. The number of methoxy groups -OCH3 is 1. The topological polar surface area (TPSA) is 86.8 Å². The predicted octanol–water partition coefficient (Wildman–Crippen LogP) is 4.64. The van der Waals surface area contributed by atoms with Gasteiger partial charge in [0, 0.05) is 51.1 Å². The number of rotatable bonds is 10. The average Bonchev–Trinajstić information content (AvgIpc) is 2.85. The molecule has 1 aliphatic rings. The molecule has 3 amide bonds. The minimum absolute atomic E-state index is 0.0853. The predicted molar refractivity (Wildman–Crippen MR) is 144 cm³/mol. The fourth-order valence-corrected chi connectivity index (χ4v) is 5.09. The number of ether oxygens (including phenoxy) is 1. The summed E-state index contributed by atoms with van der Waals surface area (Å²) in [6, 6.07) is 7.62. The molecule has 1 unspecified atom stereocenters. The van der Waals surface area contributed by atoms with Crippen molar-refractivity contribution in [3.05, 3.63) is 58.1 Å². The Morgan fingerprint density at radius 1 is 1.24 bits per heavy atom. The van der Waals surface area contributed by atoms with Crippen molar-refractivity contribution in [3.8, 4) is 0 Å². The number of anilines is 1. The number of aryl methyl sites for hydroxylation is 2. The monoisotopic (exact) mass is 533 g/mol. The molecule has 1 fully saturated rings. The van der Waals surface area contributed by atoms with E-state index in [9.17, 15) is 14.0 Å². The molecule has 1 aromatic heterocycles. The van der Waals surface area contributed by atoms with Crippen LogP contribution in [-0.2, 0) is 4.74 Å². The second kappa shape index (κ2) is 13.7. The largest absolute Gasteiger partial charge is 0.383 e. The number of amides is 3. The van der Waals surface area contributed by atoms with Crippen LogP contribution in [0.15, 0.2) is 30.3 Å². The van der Waals surface area contributed by atoms with Crippen LogP contribution in [0.2, 0.25) is 5.15 Å². The summed E-state index contributed by atoms with van der Waals surface area (Å²) in [6.07, 6.45) is 2.49. The third-order valence-corrected chi connectivity index (χ3v) is 7.09. The summed E-state index contributed by atoms with van der Waals surface area (Å²) in [7, 11) is 1.62. The van der Waals surface area contributed by atoms with Crippen molar-refractivity contribution in [1.29, 1.82) is 0 Å². The molecule has 1 atom stereocenters. The molecule has 1 saturated heterocycles. The van der Waals surface area contributed by atoms with E-state index >= 15 is 0 Å². The first-order chi connectivity index (χ1) is 17.7. The van der Waals surface area contributed by atoms with Crippen LogP contribution in [-0.4, -0.2) is 78.7 Å². The number of urea groups is 1. The molecular weight excluding hydrogens is 497 g/mol. The second-order valence-corrected chi connectivity index (χ2v) is 9.89. The molecule has 0 aliphatic carbocycles. The number of nitrogens with one attached hydrogen (secondary N) is 2. The molecule has 8 nitrogen and oxygen atoms in total. The molecule has 1 aliphatic heterocycles. The van der Waals surface area contributed by atoms with Crippen LogP contribution in [0.5, 0.6) is 0 Å². The normalized spacial score (nSPS) is 15.3. The van der Waals surface area contributed by atoms with Crippen LogP contribution in [0.25, 0.3) is 0 Å². The van der Waals surface area contributed by atoms with Gasteiger partial charge in [-0.25, -0.2) is 14.2 Å². The summed E-state index contributed by atoms with van der Waals surface area (Å²) in [5.41, 5.74) is 2.57. The Morgan fingerprint density at radius 2 is 1.92 bits per heavy atom. The highest BCUT2D eigenvalue weighted by atomic mass is 35.5. The number of hydrogen-bond acceptors (Lipinski definition) is 5. The first-order valence-corrected chi connectivity index (χ1v) is 13.1. The quantitative estimate of drug-likeness (QED) is 0.434. The molecule has 3 rings (SSSR count). The lowest BCUT2D eigenvalue weighted by molar-refractivity contribution is 0.0840. The van der Waals surface area contributed by atoms with Gasteiger partial charge >= 0.3 is 6.03 Å². The molecule has 0 bridgehead atoms. The standard InChI is InChI=1S/C27H37ClFN5O3/c1-18-17-24(28)31-20(3)25(18)26(35)30-12-9-19(2)33-13-10-23(11-14-33)34(15-16-37-4)27(36)32-22-7-5-21(29)6-8-22/h5-8,17,19,23H,9-16H2,1-4H3,(H,30,35)(H,32,36). The SMILES string of the molecule is COCCN(C(=O)Nc1ccc(F)cc1)C1CCN(C(C)CCNC(=O)c2c(C)cc(Cl)nc2C)CC1. The lowest BCUT2D eigenvalue weighted by Gasteiger charge is -2.40. The minimum Gasteiger partial charge on any atom is -0.383 e. The van der Waals surface area contributed by atoms with E-state index in [4.69, 9.17) is 16.3 Å². The van der Waals surface area contributed by atoms with Gasteiger partial charge in [-0.1, -0.05) is 11.6 Å². The van der Waals surface area contributed by atoms with Gasteiger partial charge in [0.15, 0.2) is 0 Å². The molecule has 2 heterocycles. The van der Waals surface area contributed by atoms with E-state index in [2.05, 4.69) is 27.4 Å². The molecule has 202 valence electrons. The smallest absolute Gasteiger partial charge is 0.322 e. The number of carbonyl (C=O) groups is 2. The molecule has 0 spiro atoms. The molecule has 0 saturated carbocycles. The number of piperidine rings is 1. The van der Waals surface area contributed by atoms with Gasteiger partial charge in [-0.15, -0.1) is 0 Å². The van der Waals surface area contributed by atoms with Crippen LogP contribution in [0.1, 0.15) is 47.8 Å². The van der Waals surface area contributed by atoms with Gasteiger partial charge in [0.05, 0.1) is 17.9 Å². The highest BCUT2D eigenvalue weighted by Gasteiger charge is 2.29. The Balaban J connectivity index is 1.49. The number of carbonyl (C=O) groups excluding carboxylic acids is 2. The van der Waals surface area contributed by atoms with E-state index in [1.807, 2.05) is 11.8 Å². The van der Waals surface area contributed by atoms with Crippen molar-refractivity contribution >= 4 is 29.2 Å². The number of halogens is 2. The first kappa shape index (κ1) is 28.8. The Bertz CT molecular complexity index is 1040. The summed E-state index contributed by atoms with van der Waals surface area (Å²) in [4.78, 5) is 34.1. The maximum Gasteiger partial charge on any atom is 0.322 e. The number of hydrogen-bond donors (Lipinski definition) is 2. The van der Waals surface area contributed by atoms with E-state index in [0.717, 1.165) is 37.9 Å². The number of pyridine rings is 1. The lowest BCUT2D eigenvalue weighted by atomic mass is 10.0. The van der Waals surface area contributed by atoms with Crippen molar-refractivity contribution < 1.29 is 18.7 Å². The minimum atomic E-state index is -0.345. The van der Waals surface area contributed by atoms with Gasteiger partial charge in [-0.3, -0.25) is 4.79 Å². The maximum absolute atomic E-state index is 13.2. The van der Waals surface area contributed by atoms with Crippen molar-refractivity contribution in [3.63, 3.8) is 0 Å². The Hall–Kier alpha value is -2.75. The molecule has 2 N–H and O–H groups in total. The Kier molecular flexibility index (Phi) is 10.7. The van der Waals surface area contributed by atoms with E-state index in [-0.39, 0.29) is 29.8 Å². The zero-order chi connectivity index (χ0) is 26.9. The Labute approximate surface area is 223 Å². The fraction of sp³-hybridized carbons (Fsp3) is 0.519. The second-order valence-electron chi connectivity index (χ2n) is 9.51. The lowest BCUT2D eigenvalue weighted by Crippen LogP contribution is -2.51. The van der Waals surface area contributed by atoms with Gasteiger partial charge < -0.3 is 25.2 Å². The zero-order valence-electron chi connectivity index (χ0n) is 22.0. The summed E-state index contributed by atoms with van der Waals surface area (Å²) >= 11 is 5.98. The zero-order valence-corrected chi connectivity index (χ0v) is 22.8. The van der Waals surface area contributed by atoms with E-state index in [0.29, 0.717) is 41.8 Å². The van der Waals surface area contributed by atoms with E-state index in [1.54, 1.807) is 32.2 Å².